The minimum absolute atomic E-state index is 0.0961. The van der Waals surface area contributed by atoms with E-state index in [1.165, 1.54) is 45.6 Å². The van der Waals surface area contributed by atoms with Crippen LogP contribution in [0.5, 0.6) is 0 Å². The molecule has 4 rings (SSSR count). The van der Waals surface area contributed by atoms with Crippen LogP contribution in [0, 0.1) is 10.1 Å². The Bertz CT molecular complexity index is 1280. The quantitative estimate of drug-likeness (QED) is 0.191. The van der Waals surface area contributed by atoms with E-state index in [9.17, 15) is 23.3 Å². The van der Waals surface area contributed by atoms with Crippen molar-refractivity contribution >= 4 is 29.4 Å². The molecule has 0 aliphatic heterocycles. The summed E-state index contributed by atoms with van der Waals surface area (Å²) in [5.74, 6) is 0.484. The average Bonchev–Trinajstić information content (AvgIpc) is 3.33. The van der Waals surface area contributed by atoms with Crippen LogP contribution in [0.1, 0.15) is 16.7 Å². The van der Waals surface area contributed by atoms with Gasteiger partial charge in [-0.05, 0) is 17.7 Å². The standard InChI is InChI=1S/C18H12F3N7O2S/c19-18(20,21)14-6-3-4-12(8-14)10-31-17-25-24-16-26(11-23-27(16)17)22-9-13-5-1-2-7-15(13)28(29)30/h1-9,11H,10H2/b22-9-. The fraction of sp³-hybridized carbons (Fsp3) is 0.111. The third-order valence-electron chi connectivity index (χ3n) is 4.15. The lowest BCUT2D eigenvalue weighted by molar-refractivity contribution is -0.385. The molecule has 0 fully saturated rings. The highest BCUT2D eigenvalue weighted by Crippen LogP contribution is 2.31. The number of thioether (sulfide) groups is 1. The van der Waals surface area contributed by atoms with Crippen molar-refractivity contribution in [3.05, 3.63) is 81.7 Å². The van der Waals surface area contributed by atoms with Crippen molar-refractivity contribution in [3.8, 4) is 0 Å². The van der Waals surface area contributed by atoms with E-state index in [0.29, 0.717) is 16.3 Å². The van der Waals surface area contributed by atoms with Gasteiger partial charge in [0.2, 0.25) is 5.16 Å². The zero-order valence-electron chi connectivity index (χ0n) is 15.5. The first-order chi connectivity index (χ1) is 14.8. The number of fused-ring (bicyclic) bond motifs is 1. The Hall–Kier alpha value is -3.74. The highest BCUT2D eigenvalue weighted by molar-refractivity contribution is 7.98. The van der Waals surface area contributed by atoms with Crippen LogP contribution in [0.3, 0.4) is 0 Å². The summed E-state index contributed by atoms with van der Waals surface area (Å²) < 4.78 is 41.3. The van der Waals surface area contributed by atoms with Gasteiger partial charge in [0.1, 0.15) is 6.33 Å². The molecule has 4 aromatic rings. The number of hydrogen-bond donors (Lipinski definition) is 0. The lowest BCUT2D eigenvalue weighted by Gasteiger charge is -2.07. The first-order valence-corrected chi connectivity index (χ1v) is 9.67. The van der Waals surface area contributed by atoms with E-state index >= 15 is 0 Å². The van der Waals surface area contributed by atoms with Crippen LogP contribution in [-0.2, 0) is 11.9 Å². The maximum atomic E-state index is 12.9. The maximum Gasteiger partial charge on any atom is 0.416 e. The maximum absolute atomic E-state index is 12.9. The average molecular weight is 447 g/mol. The molecule has 0 aliphatic carbocycles. The molecule has 0 atom stereocenters. The van der Waals surface area contributed by atoms with Crippen molar-refractivity contribution in [1.82, 2.24) is 24.5 Å². The molecule has 2 aromatic heterocycles. The molecule has 0 N–H and O–H groups in total. The molecule has 31 heavy (non-hydrogen) atoms. The molecule has 2 heterocycles. The molecule has 0 unspecified atom stereocenters. The highest BCUT2D eigenvalue weighted by Gasteiger charge is 2.30. The Labute approximate surface area is 176 Å². The number of halogens is 3. The summed E-state index contributed by atoms with van der Waals surface area (Å²) in [5.41, 5.74) is -0.0322. The third kappa shape index (κ3) is 4.40. The number of aromatic nitrogens is 5. The number of benzene rings is 2. The highest BCUT2D eigenvalue weighted by atomic mass is 32.2. The molecule has 0 amide bonds. The molecule has 13 heteroatoms. The minimum Gasteiger partial charge on any atom is -0.258 e. The molecule has 158 valence electrons. The van der Waals surface area contributed by atoms with Gasteiger partial charge in [-0.1, -0.05) is 42.1 Å². The second kappa shape index (κ2) is 8.18. The largest absolute Gasteiger partial charge is 0.416 e. The Morgan fingerprint density at radius 2 is 1.97 bits per heavy atom. The number of para-hydroxylation sites is 1. The molecule has 9 nitrogen and oxygen atoms in total. The summed E-state index contributed by atoms with van der Waals surface area (Å²) >= 11 is 1.17. The van der Waals surface area contributed by atoms with Gasteiger partial charge >= 0.3 is 6.18 Å². The number of nitro benzene ring substituents is 1. The van der Waals surface area contributed by atoms with Crippen molar-refractivity contribution in [2.75, 3.05) is 0 Å². The van der Waals surface area contributed by atoms with E-state index in [-0.39, 0.29) is 17.2 Å². The predicted octanol–water partition coefficient (Wildman–Crippen LogP) is 4.03. The molecule has 0 bridgehead atoms. The lowest BCUT2D eigenvalue weighted by Crippen LogP contribution is -2.04. The van der Waals surface area contributed by atoms with Crippen LogP contribution in [0.4, 0.5) is 18.9 Å². The Balaban J connectivity index is 1.53. The molecule has 0 spiro atoms. The summed E-state index contributed by atoms with van der Waals surface area (Å²) in [5, 5.41) is 27.7. The molecular formula is C18H12F3N7O2S. The second-order valence-electron chi connectivity index (χ2n) is 6.22. The van der Waals surface area contributed by atoms with E-state index in [0.717, 1.165) is 12.1 Å². The van der Waals surface area contributed by atoms with E-state index in [1.807, 2.05) is 0 Å². The Kier molecular flexibility index (Phi) is 5.42. The van der Waals surface area contributed by atoms with Gasteiger partial charge in [-0.15, -0.1) is 10.2 Å². The van der Waals surface area contributed by atoms with Crippen LogP contribution in [0.2, 0.25) is 0 Å². The number of rotatable bonds is 6. The Morgan fingerprint density at radius 3 is 2.74 bits per heavy atom. The zero-order chi connectivity index (χ0) is 22.0. The number of alkyl halides is 3. The summed E-state index contributed by atoms with van der Waals surface area (Å²) in [6.45, 7) is 0. The normalized spacial score (nSPS) is 12.1. The van der Waals surface area contributed by atoms with Gasteiger partial charge < -0.3 is 0 Å². The van der Waals surface area contributed by atoms with E-state index in [2.05, 4.69) is 20.4 Å². The van der Waals surface area contributed by atoms with Crippen LogP contribution in [-0.4, -0.2) is 35.6 Å². The summed E-state index contributed by atoms with van der Waals surface area (Å²) in [6.07, 6.45) is -1.75. The molecule has 0 radical (unpaired) electrons. The fourth-order valence-corrected chi connectivity index (χ4v) is 3.52. The van der Waals surface area contributed by atoms with Gasteiger partial charge in [0.25, 0.3) is 11.5 Å². The lowest BCUT2D eigenvalue weighted by atomic mass is 10.1. The fourth-order valence-electron chi connectivity index (χ4n) is 2.70. The van der Waals surface area contributed by atoms with Crippen LogP contribution in [0.25, 0.3) is 5.78 Å². The van der Waals surface area contributed by atoms with Crippen molar-refractivity contribution in [2.45, 2.75) is 17.1 Å². The first kappa shape index (κ1) is 20.5. The predicted molar refractivity (Wildman–Crippen MR) is 106 cm³/mol. The van der Waals surface area contributed by atoms with Crippen LogP contribution >= 0.6 is 11.8 Å². The van der Waals surface area contributed by atoms with E-state index < -0.39 is 16.7 Å². The smallest absolute Gasteiger partial charge is 0.258 e. The van der Waals surface area contributed by atoms with Crippen molar-refractivity contribution < 1.29 is 18.1 Å². The molecule has 0 saturated carbocycles. The van der Waals surface area contributed by atoms with Crippen molar-refractivity contribution in [1.29, 1.82) is 0 Å². The van der Waals surface area contributed by atoms with Crippen LogP contribution < -0.4 is 0 Å². The number of hydrogen-bond acceptors (Lipinski definition) is 7. The van der Waals surface area contributed by atoms with E-state index in [1.54, 1.807) is 24.3 Å². The topological polar surface area (TPSA) is 104 Å². The second-order valence-corrected chi connectivity index (χ2v) is 7.16. The van der Waals surface area contributed by atoms with Gasteiger partial charge in [-0.25, -0.2) is 0 Å². The van der Waals surface area contributed by atoms with Gasteiger partial charge in [0.15, 0.2) is 0 Å². The van der Waals surface area contributed by atoms with Gasteiger partial charge in [-0.2, -0.15) is 32.6 Å². The van der Waals surface area contributed by atoms with Crippen LogP contribution in [0.15, 0.2) is 65.1 Å². The number of nitrogens with zero attached hydrogens (tertiary/aromatic N) is 7. The first-order valence-electron chi connectivity index (χ1n) is 8.68. The number of nitro groups is 1. The summed E-state index contributed by atoms with van der Waals surface area (Å²) in [6, 6.07) is 11.2. The molecular weight excluding hydrogens is 435 g/mol. The van der Waals surface area contributed by atoms with Gasteiger partial charge in [0.05, 0.1) is 22.3 Å². The van der Waals surface area contributed by atoms with Gasteiger partial charge in [0, 0.05) is 11.8 Å². The third-order valence-corrected chi connectivity index (χ3v) is 5.14. The summed E-state index contributed by atoms with van der Waals surface area (Å²) in [7, 11) is 0. The zero-order valence-corrected chi connectivity index (χ0v) is 16.3. The SMILES string of the molecule is O=[N+]([O-])c1ccccc1/C=N\n1cnn2c(SCc3cccc(C(F)(F)F)c3)nnc12. The monoisotopic (exact) mass is 447 g/mol. The van der Waals surface area contributed by atoms with E-state index in [4.69, 9.17) is 0 Å². The molecule has 0 saturated heterocycles. The molecule has 2 aromatic carbocycles. The van der Waals surface area contributed by atoms with Gasteiger partial charge in [-0.3, -0.25) is 10.1 Å². The van der Waals surface area contributed by atoms with Crippen molar-refractivity contribution in [3.63, 3.8) is 0 Å². The van der Waals surface area contributed by atoms with Crippen molar-refractivity contribution in [2.24, 2.45) is 5.10 Å². The minimum atomic E-state index is -4.41. The summed E-state index contributed by atoms with van der Waals surface area (Å²) in [4.78, 5) is 10.6. The molecule has 0 aliphatic rings. The Morgan fingerprint density at radius 1 is 1.16 bits per heavy atom.